The molecule has 23 heavy (non-hydrogen) atoms. The number of anilines is 1. The molecule has 0 aliphatic heterocycles. The van der Waals surface area contributed by atoms with Crippen LogP contribution >= 0.6 is 0 Å². The Morgan fingerprint density at radius 1 is 1.04 bits per heavy atom. The Kier molecular flexibility index (Phi) is 4.42. The van der Waals surface area contributed by atoms with Crippen molar-refractivity contribution in [3.63, 3.8) is 0 Å². The van der Waals surface area contributed by atoms with Crippen LogP contribution < -0.4 is 10.2 Å². The van der Waals surface area contributed by atoms with Gasteiger partial charge in [-0.05, 0) is 50.1 Å². The molecule has 1 aliphatic rings. The van der Waals surface area contributed by atoms with E-state index in [1.54, 1.807) is 29.2 Å². The summed E-state index contributed by atoms with van der Waals surface area (Å²) >= 11 is 0. The number of rotatable bonds is 5. The van der Waals surface area contributed by atoms with E-state index in [4.69, 9.17) is 0 Å². The van der Waals surface area contributed by atoms with Crippen molar-refractivity contribution in [3.8, 4) is 0 Å². The van der Waals surface area contributed by atoms with E-state index in [0.717, 1.165) is 18.5 Å². The molecule has 0 heterocycles. The molecule has 0 atom stereocenters. The topological polar surface area (TPSA) is 49.4 Å². The summed E-state index contributed by atoms with van der Waals surface area (Å²) in [4.78, 5) is 26.6. The van der Waals surface area contributed by atoms with Crippen molar-refractivity contribution in [2.45, 2.75) is 25.8 Å². The normalized spacial score (nSPS) is 13.4. The van der Waals surface area contributed by atoms with Crippen LogP contribution in [0, 0.1) is 0 Å². The van der Waals surface area contributed by atoms with E-state index in [-0.39, 0.29) is 11.8 Å². The number of para-hydroxylation sites is 1. The third-order valence-electron chi connectivity index (χ3n) is 3.91. The van der Waals surface area contributed by atoms with Gasteiger partial charge in [0.2, 0.25) is 0 Å². The van der Waals surface area contributed by atoms with Gasteiger partial charge in [0, 0.05) is 29.4 Å². The van der Waals surface area contributed by atoms with E-state index in [1.165, 1.54) is 0 Å². The highest BCUT2D eigenvalue weighted by molar-refractivity contribution is 6.07. The minimum Gasteiger partial charge on any atom is -0.349 e. The number of carbonyl (C=O) groups excluding carboxylic acids is 2. The third kappa shape index (κ3) is 3.59. The Balaban J connectivity index is 1.82. The van der Waals surface area contributed by atoms with Crippen molar-refractivity contribution < 1.29 is 9.59 Å². The van der Waals surface area contributed by atoms with Gasteiger partial charge < -0.3 is 10.2 Å². The van der Waals surface area contributed by atoms with Gasteiger partial charge in [-0.2, -0.15) is 0 Å². The summed E-state index contributed by atoms with van der Waals surface area (Å²) in [5.41, 5.74) is 1.92. The fraction of sp³-hybridized carbons (Fsp3) is 0.263. The molecule has 1 saturated carbocycles. The summed E-state index contributed by atoms with van der Waals surface area (Å²) in [7, 11) is 0. The molecule has 1 fully saturated rings. The molecule has 0 unspecified atom stereocenters. The first-order chi connectivity index (χ1) is 11.2. The van der Waals surface area contributed by atoms with Crippen molar-refractivity contribution in [3.05, 3.63) is 65.7 Å². The summed E-state index contributed by atoms with van der Waals surface area (Å²) in [6, 6.07) is 16.8. The summed E-state index contributed by atoms with van der Waals surface area (Å²) < 4.78 is 0. The molecular formula is C19H20N2O2. The zero-order valence-corrected chi connectivity index (χ0v) is 13.2. The molecule has 1 N–H and O–H groups in total. The number of hydrogen-bond donors (Lipinski definition) is 1. The Bertz CT molecular complexity index is 708. The molecule has 4 heteroatoms. The molecule has 118 valence electrons. The molecule has 1 aliphatic carbocycles. The maximum atomic E-state index is 12.8. The van der Waals surface area contributed by atoms with Crippen LogP contribution in [0.3, 0.4) is 0 Å². The largest absolute Gasteiger partial charge is 0.349 e. The molecule has 0 bridgehead atoms. The lowest BCUT2D eigenvalue weighted by Gasteiger charge is -2.21. The van der Waals surface area contributed by atoms with E-state index >= 15 is 0 Å². The van der Waals surface area contributed by atoms with Gasteiger partial charge in [-0.3, -0.25) is 9.59 Å². The second-order valence-corrected chi connectivity index (χ2v) is 5.71. The SMILES string of the molecule is CCN(C(=O)c1cccc(C(=O)NC2CC2)c1)c1ccccc1. The van der Waals surface area contributed by atoms with Crippen LogP contribution in [0.2, 0.25) is 0 Å². The minimum absolute atomic E-state index is 0.0974. The van der Waals surface area contributed by atoms with E-state index < -0.39 is 0 Å². The maximum absolute atomic E-state index is 12.8. The van der Waals surface area contributed by atoms with Gasteiger partial charge in [0.25, 0.3) is 11.8 Å². The van der Waals surface area contributed by atoms with Gasteiger partial charge in [-0.1, -0.05) is 24.3 Å². The van der Waals surface area contributed by atoms with Crippen LogP contribution in [0.5, 0.6) is 0 Å². The minimum atomic E-state index is -0.107. The summed E-state index contributed by atoms with van der Waals surface area (Å²) in [5.74, 6) is -0.204. The molecule has 4 nitrogen and oxygen atoms in total. The first-order valence-corrected chi connectivity index (χ1v) is 7.97. The van der Waals surface area contributed by atoms with Gasteiger partial charge in [-0.25, -0.2) is 0 Å². The van der Waals surface area contributed by atoms with Gasteiger partial charge in [0.15, 0.2) is 0 Å². The number of nitrogens with zero attached hydrogens (tertiary/aromatic N) is 1. The van der Waals surface area contributed by atoms with Crippen molar-refractivity contribution >= 4 is 17.5 Å². The van der Waals surface area contributed by atoms with E-state index in [0.29, 0.717) is 23.7 Å². The average Bonchev–Trinajstić information content (AvgIpc) is 3.40. The molecule has 2 aromatic rings. The van der Waals surface area contributed by atoms with Crippen LogP contribution in [0.1, 0.15) is 40.5 Å². The lowest BCUT2D eigenvalue weighted by atomic mass is 10.1. The number of hydrogen-bond acceptors (Lipinski definition) is 2. The number of nitrogens with one attached hydrogen (secondary N) is 1. The predicted octanol–water partition coefficient (Wildman–Crippen LogP) is 3.25. The van der Waals surface area contributed by atoms with Crippen LogP contribution in [-0.2, 0) is 0 Å². The van der Waals surface area contributed by atoms with Crippen LogP contribution in [0.4, 0.5) is 5.69 Å². The van der Waals surface area contributed by atoms with Gasteiger partial charge in [-0.15, -0.1) is 0 Å². The molecule has 0 radical (unpaired) electrons. The Hall–Kier alpha value is -2.62. The standard InChI is InChI=1S/C19H20N2O2/c1-2-21(17-9-4-3-5-10-17)19(23)15-8-6-7-14(13-15)18(22)20-16-11-12-16/h3-10,13,16H,2,11-12H2,1H3,(H,20,22). The first kappa shape index (κ1) is 15.3. The summed E-state index contributed by atoms with van der Waals surface area (Å²) in [6.07, 6.45) is 2.09. The molecule has 3 rings (SSSR count). The van der Waals surface area contributed by atoms with E-state index in [2.05, 4.69) is 5.32 Å². The van der Waals surface area contributed by atoms with Gasteiger partial charge in [0.1, 0.15) is 0 Å². The molecule has 0 spiro atoms. The van der Waals surface area contributed by atoms with Crippen molar-refractivity contribution in [2.75, 3.05) is 11.4 Å². The van der Waals surface area contributed by atoms with Gasteiger partial charge >= 0.3 is 0 Å². The molecule has 2 aromatic carbocycles. The predicted molar refractivity (Wildman–Crippen MR) is 90.7 cm³/mol. The van der Waals surface area contributed by atoms with E-state index in [9.17, 15) is 9.59 Å². The Labute approximate surface area is 136 Å². The highest BCUT2D eigenvalue weighted by Crippen LogP contribution is 2.20. The summed E-state index contributed by atoms with van der Waals surface area (Å²) in [6.45, 7) is 2.51. The van der Waals surface area contributed by atoms with Crippen molar-refractivity contribution in [1.29, 1.82) is 0 Å². The second-order valence-electron chi connectivity index (χ2n) is 5.71. The Morgan fingerprint density at radius 2 is 1.74 bits per heavy atom. The van der Waals surface area contributed by atoms with E-state index in [1.807, 2.05) is 37.3 Å². The lowest BCUT2D eigenvalue weighted by Crippen LogP contribution is -2.31. The highest BCUT2D eigenvalue weighted by atomic mass is 16.2. The smallest absolute Gasteiger partial charge is 0.258 e. The fourth-order valence-electron chi connectivity index (χ4n) is 2.50. The quantitative estimate of drug-likeness (QED) is 0.922. The highest BCUT2D eigenvalue weighted by Gasteiger charge is 2.24. The Morgan fingerprint density at radius 3 is 2.39 bits per heavy atom. The van der Waals surface area contributed by atoms with Gasteiger partial charge in [0.05, 0.1) is 0 Å². The zero-order chi connectivity index (χ0) is 16.2. The third-order valence-corrected chi connectivity index (χ3v) is 3.91. The zero-order valence-electron chi connectivity index (χ0n) is 13.2. The van der Waals surface area contributed by atoms with Crippen molar-refractivity contribution in [1.82, 2.24) is 5.32 Å². The fourth-order valence-corrected chi connectivity index (χ4v) is 2.50. The maximum Gasteiger partial charge on any atom is 0.258 e. The molecule has 0 aromatic heterocycles. The molecule has 2 amide bonds. The van der Waals surface area contributed by atoms with Crippen LogP contribution in [-0.4, -0.2) is 24.4 Å². The number of carbonyl (C=O) groups is 2. The number of benzene rings is 2. The van der Waals surface area contributed by atoms with Crippen LogP contribution in [0.25, 0.3) is 0 Å². The monoisotopic (exact) mass is 308 g/mol. The average molecular weight is 308 g/mol. The summed E-state index contributed by atoms with van der Waals surface area (Å²) in [5, 5.41) is 2.95. The molecular weight excluding hydrogens is 288 g/mol. The molecule has 0 saturated heterocycles. The number of amides is 2. The van der Waals surface area contributed by atoms with Crippen LogP contribution in [0.15, 0.2) is 54.6 Å². The second kappa shape index (κ2) is 6.65. The van der Waals surface area contributed by atoms with Crippen molar-refractivity contribution in [2.24, 2.45) is 0 Å². The first-order valence-electron chi connectivity index (χ1n) is 7.97. The lowest BCUT2D eigenvalue weighted by molar-refractivity contribution is 0.0951.